The van der Waals surface area contributed by atoms with Gasteiger partial charge in [0.2, 0.25) is 0 Å². The molecule has 1 nitrogen and oxygen atoms in total. The number of halogens is 2. The Balaban J connectivity index is 2.42. The Morgan fingerprint density at radius 3 is 2.48 bits per heavy atom. The SMILES string of the molecule is CCCNC(c1ccc(CC)s1)c1ccc(C)c(F)c1F. The summed E-state index contributed by atoms with van der Waals surface area (Å²) in [5, 5.41) is 3.33. The quantitative estimate of drug-likeness (QED) is 0.793. The Morgan fingerprint density at radius 1 is 1.10 bits per heavy atom. The molecule has 1 unspecified atom stereocenters. The van der Waals surface area contributed by atoms with Crippen LogP contribution in [0.5, 0.6) is 0 Å². The van der Waals surface area contributed by atoms with E-state index >= 15 is 0 Å². The summed E-state index contributed by atoms with van der Waals surface area (Å²) in [5.41, 5.74) is 0.724. The van der Waals surface area contributed by atoms with E-state index in [4.69, 9.17) is 0 Å². The third kappa shape index (κ3) is 3.50. The monoisotopic (exact) mass is 309 g/mol. The van der Waals surface area contributed by atoms with Crippen molar-refractivity contribution >= 4 is 11.3 Å². The van der Waals surface area contributed by atoms with Gasteiger partial charge in [0.15, 0.2) is 11.6 Å². The number of aryl methyl sites for hydroxylation is 2. The molecule has 0 saturated heterocycles. The summed E-state index contributed by atoms with van der Waals surface area (Å²) in [5.74, 6) is -1.49. The van der Waals surface area contributed by atoms with Crippen LogP contribution >= 0.6 is 11.3 Å². The highest BCUT2D eigenvalue weighted by Crippen LogP contribution is 2.31. The van der Waals surface area contributed by atoms with Gasteiger partial charge in [-0.1, -0.05) is 26.0 Å². The summed E-state index contributed by atoms with van der Waals surface area (Å²) in [7, 11) is 0. The van der Waals surface area contributed by atoms with Crippen LogP contribution in [-0.4, -0.2) is 6.54 Å². The van der Waals surface area contributed by atoms with Crippen LogP contribution in [0.2, 0.25) is 0 Å². The van der Waals surface area contributed by atoms with Crippen molar-refractivity contribution < 1.29 is 8.78 Å². The lowest BCUT2D eigenvalue weighted by Gasteiger charge is -2.19. The second-order valence-electron chi connectivity index (χ2n) is 5.14. The van der Waals surface area contributed by atoms with E-state index in [1.807, 2.05) is 6.07 Å². The highest BCUT2D eigenvalue weighted by Gasteiger charge is 2.22. The van der Waals surface area contributed by atoms with Crippen molar-refractivity contribution in [2.75, 3.05) is 6.54 Å². The molecule has 1 aromatic carbocycles. The summed E-state index contributed by atoms with van der Waals surface area (Å²) in [6.07, 6.45) is 1.90. The number of nitrogens with one attached hydrogen (secondary N) is 1. The topological polar surface area (TPSA) is 12.0 Å². The molecular formula is C17H21F2NS. The molecule has 0 aliphatic carbocycles. The zero-order valence-corrected chi connectivity index (χ0v) is 13.5. The van der Waals surface area contributed by atoms with Crippen LogP contribution in [-0.2, 0) is 6.42 Å². The molecule has 2 aromatic rings. The molecule has 0 aliphatic heterocycles. The van der Waals surface area contributed by atoms with Gasteiger partial charge < -0.3 is 5.32 Å². The molecule has 0 bridgehead atoms. The molecule has 114 valence electrons. The van der Waals surface area contributed by atoms with Crippen LogP contribution in [0.4, 0.5) is 8.78 Å². The van der Waals surface area contributed by atoms with Crippen LogP contribution in [0.1, 0.15) is 47.2 Å². The van der Waals surface area contributed by atoms with Gasteiger partial charge in [0.1, 0.15) is 0 Å². The first-order chi connectivity index (χ1) is 10.1. The fraction of sp³-hybridized carbons (Fsp3) is 0.412. The Bertz CT molecular complexity index is 607. The molecule has 2 rings (SSSR count). The normalized spacial score (nSPS) is 12.6. The van der Waals surface area contributed by atoms with E-state index < -0.39 is 11.6 Å². The van der Waals surface area contributed by atoms with Crippen LogP contribution in [0.15, 0.2) is 24.3 Å². The molecule has 0 spiro atoms. The molecule has 4 heteroatoms. The zero-order valence-electron chi connectivity index (χ0n) is 12.7. The summed E-state index contributed by atoms with van der Waals surface area (Å²) in [6.45, 7) is 6.49. The minimum Gasteiger partial charge on any atom is -0.306 e. The minimum atomic E-state index is -0.747. The molecule has 0 fully saturated rings. The summed E-state index contributed by atoms with van der Waals surface area (Å²) in [6, 6.07) is 7.11. The summed E-state index contributed by atoms with van der Waals surface area (Å²) in [4.78, 5) is 2.28. The lowest BCUT2D eigenvalue weighted by atomic mass is 10.0. The van der Waals surface area contributed by atoms with Crippen LogP contribution < -0.4 is 5.32 Å². The Hall–Kier alpha value is -1.26. The maximum absolute atomic E-state index is 14.3. The molecule has 1 aromatic heterocycles. The Morgan fingerprint density at radius 2 is 1.86 bits per heavy atom. The minimum absolute atomic E-state index is 0.287. The average Bonchev–Trinajstić information content (AvgIpc) is 2.96. The predicted molar refractivity (Wildman–Crippen MR) is 84.9 cm³/mol. The second-order valence-corrected chi connectivity index (χ2v) is 6.34. The molecule has 21 heavy (non-hydrogen) atoms. The maximum atomic E-state index is 14.3. The molecule has 0 radical (unpaired) electrons. The highest BCUT2D eigenvalue weighted by molar-refractivity contribution is 7.12. The largest absolute Gasteiger partial charge is 0.306 e. The number of benzene rings is 1. The van der Waals surface area contributed by atoms with Crippen LogP contribution in [0.3, 0.4) is 0 Å². The van der Waals surface area contributed by atoms with Gasteiger partial charge in [-0.2, -0.15) is 0 Å². The molecule has 1 heterocycles. The molecule has 0 amide bonds. The summed E-state index contributed by atoms with van der Waals surface area (Å²) >= 11 is 1.65. The van der Waals surface area contributed by atoms with E-state index in [9.17, 15) is 8.78 Å². The van der Waals surface area contributed by atoms with Gasteiger partial charge >= 0.3 is 0 Å². The van der Waals surface area contributed by atoms with Gasteiger partial charge in [-0.25, -0.2) is 8.78 Å². The van der Waals surface area contributed by atoms with Gasteiger partial charge in [0, 0.05) is 15.3 Å². The van der Waals surface area contributed by atoms with Crippen LogP contribution in [0, 0.1) is 18.6 Å². The van der Waals surface area contributed by atoms with E-state index in [2.05, 4.69) is 25.2 Å². The van der Waals surface area contributed by atoms with E-state index in [-0.39, 0.29) is 6.04 Å². The average molecular weight is 309 g/mol. The van der Waals surface area contributed by atoms with Gasteiger partial charge in [0.25, 0.3) is 0 Å². The number of thiophene rings is 1. The van der Waals surface area contributed by atoms with Gasteiger partial charge in [0.05, 0.1) is 6.04 Å². The lowest BCUT2D eigenvalue weighted by Crippen LogP contribution is -2.23. The standard InChI is InChI=1S/C17H21F2NS/c1-4-10-20-17(14-9-7-12(5-2)21-14)13-8-6-11(3)15(18)16(13)19/h6-9,17,20H,4-5,10H2,1-3H3. The maximum Gasteiger partial charge on any atom is 0.164 e. The van der Waals surface area contributed by atoms with E-state index in [1.54, 1.807) is 30.4 Å². The van der Waals surface area contributed by atoms with Crippen molar-refractivity contribution in [3.63, 3.8) is 0 Å². The van der Waals surface area contributed by atoms with E-state index in [0.29, 0.717) is 11.1 Å². The smallest absolute Gasteiger partial charge is 0.164 e. The lowest BCUT2D eigenvalue weighted by molar-refractivity contribution is 0.477. The van der Waals surface area contributed by atoms with Crippen molar-refractivity contribution in [1.29, 1.82) is 0 Å². The van der Waals surface area contributed by atoms with Gasteiger partial charge in [-0.15, -0.1) is 11.3 Å². The molecular weight excluding hydrogens is 288 g/mol. The zero-order chi connectivity index (χ0) is 15.4. The van der Waals surface area contributed by atoms with Crippen molar-refractivity contribution in [3.8, 4) is 0 Å². The van der Waals surface area contributed by atoms with Crippen molar-refractivity contribution in [1.82, 2.24) is 5.32 Å². The summed E-state index contributed by atoms with van der Waals surface area (Å²) < 4.78 is 28.2. The fourth-order valence-corrected chi connectivity index (χ4v) is 3.32. The van der Waals surface area contributed by atoms with Gasteiger partial charge in [-0.05, 0) is 44.0 Å². The van der Waals surface area contributed by atoms with Gasteiger partial charge in [-0.3, -0.25) is 0 Å². The Labute approximate surface area is 129 Å². The first-order valence-electron chi connectivity index (χ1n) is 7.34. The highest BCUT2D eigenvalue weighted by atomic mass is 32.1. The molecule has 0 aliphatic rings. The number of hydrogen-bond donors (Lipinski definition) is 1. The second kappa shape index (κ2) is 7.14. The van der Waals surface area contributed by atoms with Crippen LogP contribution in [0.25, 0.3) is 0 Å². The van der Waals surface area contributed by atoms with Crippen molar-refractivity contribution in [2.45, 2.75) is 39.7 Å². The first kappa shape index (κ1) is 16.1. The fourth-order valence-electron chi connectivity index (χ4n) is 2.28. The molecule has 1 N–H and O–H groups in total. The third-order valence-corrected chi connectivity index (χ3v) is 4.82. The van der Waals surface area contributed by atoms with E-state index in [1.165, 1.54) is 4.88 Å². The van der Waals surface area contributed by atoms with Crippen molar-refractivity contribution in [3.05, 3.63) is 56.8 Å². The molecule has 0 saturated carbocycles. The first-order valence-corrected chi connectivity index (χ1v) is 8.16. The third-order valence-electron chi connectivity index (χ3n) is 3.53. The Kier molecular flexibility index (Phi) is 5.48. The molecule has 1 atom stereocenters. The number of hydrogen-bond acceptors (Lipinski definition) is 2. The predicted octanol–water partition coefficient (Wildman–Crippen LogP) is 4.99. The number of rotatable bonds is 6. The van der Waals surface area contributed by atoms with E-state index in [0.717, 1.165) is 24.3 Å². The van der Waals surface area contributed by atoms with Crippen molar-refractivity contribution in [2.24, 2.45) is 0 Å².